The number of aromatic nitrogens is 2. The molecule has 0 N–H and O–H groups in total. The lowest BCUT2D eigenvalue weighted by Crippen LogP contribution is -2.33. The molecule has 0 radical (unpaired) electrons. The maximum atomic E-state index is 12.5. The Morgan fingerprint density at radius 3 is 2.88 bits per heavy atom. The van der Waals surface area contributed by atoms with Gasteiger partial charge in [0.25, 0.3) is 0 Å². The van der Waals surface area contributed by atoms with E-state index >= 15 is 0 Å². The number of aryl methyl sites for hydroxylation is 2. The zero-order valence-corrected chi connectivity index (χ0v) is 16.0. The molecule has 0 spiro atoms. The van der Waals surface area contributed by atoms with Crippen molar-refractivity contribution >= 4 is 5.91 Å². The standard InChI is InChI=1S/C21H30N4O/c1-3-20-22-11-14-25(20)13-10-21(26)23(2)15-19-9-12-24(17-19)16-18-7-5-4-6-8-18/h4-8,11,14,19H,3,9-10,12-13,15-17H2,1-2H3/t19-/m0/s1. The Morgan fingerprint density at radius 1 is 1.31 bits per heavy atom. The van der Waals surface area contributed by atoms with E-state index in [0.29, 0.717) is 12.3 Å². The molecule has 1 aliphatic rings. The molecular formula is C21H30N4O. The van der Waals surface area contributed by atoms with E-state index in [0.717, 1.165) is 45.0 Å². The molecule has 0 unspecified atom stereocenters. The number of carbonyl (C=O) groups excluding carboxylic acids is 1. The van der Waals surface area contributed by atoms with Gasteiger partial charge in [0, 0.05) is 58.5 Å². The van der Waals surface area contributed by atoms with Crippen LogP contribution in [0.3, 0.4) is 0 Å². The van der Waals surface area contributed by atoms with Gasteiger partial charge in [0.05, 0.1) is 0 Å². The summed E-state index contributed by atoms with van der Waals surface area (Å²) in [7, 11) is 1.94. The molecule has 5 heteroatoms. The Balaban J connectivity index is 1.41. The first-order valence-corrected chi connectivity index (χ1v) is 9.66. The highest BCUT2D eigenvalue weighted by Gasteiger charge is 2.24. The number of hydrogen-bond donors (Lipinski definition) is 0. The molecule has 0 bridgehead atoms. The number of hydrogen-bond acceptors (Lipinski definition) is 3. The van der Waals surface area contributed by atoms with Gasteiger partial charge in [-0.05, 0) is 24.4 Å². The Bertz CT molecular complexity index is 697. The molecule has 1 amide bonds. The highest BCUT2D eigenvalue weighted by Crippen LogP contribution is 2.19. The first-order valence-electron chi connectivity index (χ1n) is 9.66. The zero-order chi connectivity index (χ0) is 18.4. The van der Waals surface area contributed by atoms with Gasteiger partial charge in [-0.15, -0.1) is 0 Å². The summed E-state index contributed by atoms with van der Waals surface area (Å²) in [6.45, 7) is 6.87. The van der Waals surface area contributed by atoms with Crippen molar-refractivity contribution in [1.82, 2.24) is 19.4 Å². The lowest BCUT2D eigenvalue weighted by atomic mass is 10.1. The molecule has 0 aliphatic carbocycles. The molecule has 140 valence electrons. The van der Waals surface area contributed by atoms with Crippen molar-refractivity contribution < 1.29 is 4.79 Å². The van der Waals surface area contributed by atoms with Crippen LogP contribution in [-0.2, 0) is 24.3 Å². The molecule has 26 heavy (non-hydrogen) atoms. The average molecular weight is 354 g/mol. The SMILES string of the molecule is CCc1nccn1CCC(=O)N(C)C[C@@H]1CCN(Cc2ccccc2)C1. The van der Waals surface area contributed by atoms with E-state index in [1.807, 2.05) is 24.3 Å². The third kappa shape index (κ3) is 4.94. The van der Waals surface area contributed by atoms with E-state index in [9.17, 15) is 4.79 Å². The van der Waals surface area contributed by atoms with Crippen LogP contribution < -0.4 is 0 Å². The van der Waals surface area contributed by atoms with Crippen molar-refractivity contribution in [1.29, 1.82) is 0 Å². The summed E-state index contributed by atoms with van der Waals surface area (Å²) in [5, 5.41) is 0. The van der Waals surface area contributed by atoms with Gasteiger partial charge in [0.1, 0.15) is 5.82 Å². The summed E-state index contributed by atoms with van der Waals surface area (Å²) in [5.41, 5.74) is 1.37. The molecule has 2 aromatic rings. The third-order valence-corrected chi connectivity index (χ3v) is 5.26. The molecule has 0 saturated carbocycles. The number of carbonyl (C=O) groups is 1. The van der Waals surface area contributed by atoms with Gasteiger partial charge < -0.3 is 9.47 Å². The minimum Gasteiger partial charge on any atom is -0.345 e. The number of nitrogens with zero attached hydrogens (tertiary/aromatic N) is 4. The fourth-order valence-corrected chi connectivity index (χ4v) is 3.80. The monoisotopic (exact) mass is 354 g/mol. The first-order chi connectivity index (χ1) is 12.7. The maximum absolute atomic E-state index is 12.5. The van der Waals surface area contributed by atoms with Crippen molar-refractivity contribution in [3.8, 4) is 0 Å². The predicted octanol–water partition coefficient (Wildman–Crippen LogP) is 2.82. The van der Waals surface area contributed by atoms with E-state index in [4.69, 9.17) is 0 Å². The second-order valence-corrected chi connectivity index (χ2v) is 7.29. The van der Waals surface area contributed by atoms with Crippen LogP contribution in [-0.4, -0.2) is 51.9 Å². The quantitative estimate of drug-likeness (QED) is 0.732. The van der Waals surface area contributed by atoms with Gasteiger partial charge >= 0.3 is 0 Å². The molecule has 1 fully saturated rings. The summed E-state index contributed by atoms with van der Waals surface area (Å²) >= 11 is 0. The van der Waals surface area contributed by atoms with Gasteiger partial charge in [-0.1, -0.05) is 37.3 Å². The van der Waals surface area contributed by atoms with Crippen LogP contribution in [0.15, 0.2) is 42.7 Å². The van der Waals surface area contributed by atoms with Crippen molar-refractivity contribution in [2.45, 2.75) is 39.3 Å². The Hall–Kier alpha value is -2.14. The van der Waals surface area contributed by atoms with Crippen LogP contribution in [0, 0.1) is 5.92 Å². The molecule has 1 aromatic heterocycles. The van der Waals surface area contributed by atoms with Gasteiger partial charge in [-0.2, -0.15) is 0 Å². The highest BCUT2D eigenvalue weighted by molar-refractivity contribution is 5.75. The van der Waals surface area contributed by atoms with Crippen molar-refractivity contribution in [3.63, 3.8) is 0 Å². The molecule has 2 heterocycles. The van der Waals surface area contributed by atoms with Gasteiger partial charge in [-0.3, -0.25) is 9.69 Å². The molecular weight excluding hydrogens is 324 g/mol. The molecule has 1 aliphatic heterocycles. The number of benzene rings is 1. The average Bonchev–Trinajstić information content (AvgIpc) is 3.29. The highest BCUT2D eigenvalue weighted by atomic mass is 16.2. The fraction of sp³-hybridized carbons (Fsp3) is 0.524. The van der Waals surface area contributed by atoms with Crippen molar-refractivity contribution in [2.75, 3.05) is 26.7 Å². The number of rotatable bonds is 8. The lowest BCUT2D eigenvalue weighted by molar-refractivity contribution is -0.130. The zero-order valence-electron chi connectivity index (χ0n) is 16.0. The van der Waals surface area contributed by atoms with Crippen LogP contribution in [0.2, 0.25) is 0 Å². The Kier molecular flexibility index (Phi) is 6.45. The van der Waals surface area contributed by atoms with E-state index in [1.165, 1.54) is 12.0 Å². The maximum Gasteiger partial charge on any atom is 0.224 e. The minimum atomic E-state index is 0.224. The molecule has 3 rings (SSSR count). The summed E-state index contributed by atoms with van der Waals surface area (Å²) in [5.74, 6) is 1.85. The topological polar surface area (TPSA) is 41.4 Å². The Labute approximate surface area is 156 Å². The fourth-order valence-electron chi connectivity index (χ4n) is 3.80. The largest absolute Gasteiger partial charge is 0.345 e. The van der Waals surface area contributed by atoms with Crippen LogP contribution >= 0.6 is 0 Å². The second kappa shape index (κ2) is 8.99. The number of amides is 1. The summed E-state index contributed by atoms with van der Waals surface area (Å²) < 4.78 is 2.09. The normalized spacial score (nSPS) is 17.5. The van der Waals surface area contributed by atoms with E-state index in [2.05, 4.69) is 51.7 Å². The van der Waals surface area contributed by atoms with Crippen LogP contribution in [0.1, 0.15) is 31.2 Å². The van der Waals surface area contributed by atoms with Gasteiger partial charge in [0.15, 0.2) is 0 Å². The predicted molar refractivity (Wildman–Crippen MR) is 104 cm³/mol. The van der Waals surface area contributed by atoms with E-state index in [-0.39, 0.29) is 5.91 Å². The first kappa shape index (κ1) is 18.6. The number of imidazole rings is 1. The molecule has 1 saturated heterocycles. The molecule has 1 aromatic carbocycles. The van der Waals surface area contributed by atoms with Crippen LogP contribution in [0.25, 0.3) is 0 Å². The Morgan fingerprint density at radius 2 is 2.12 bits per heavy atom. The van der Waals surface area contributed by atoms with Crippen LogP contribution in [0.4, 0.5) is 0 Å². The molecule has 5 nitrogen and oxygen atoms in total. The van der Waals surface area contributed by atoms with Gasteiger partial charge in [-0.25, -0.2) is 4.98 Å². The minimum absolute atomic E-state index is 0.224. The smallest absolute Gasteiger partial charge is 0.224 e. The van der Waals surface area contributed by atoms with E-state index < -0.39 is 0 Å². The van der Waals surface area contributed by atoms with Crippen LogP contribution in [0.5, 0.6) is 0 Å². The summed E-state index contributed by atoms with van der Waals surface area (Å²) in [6.07, 6.45) is 6.39. The number of likely N-dealkylation sites (tertiary alicyclic amines) is 1. The lowest BCUT2D eigenvalue weighted by Gasteiger charge is -2.22. The summed E-state index contributed by atoms with van der Waals surface area (Å²) in [4.78, 5) is 21.2. The third-order valence-electron chi connectivity index (χ3n) is 5.26. The molecule has 1 atom stereocenters. The second-order valence-electron chi connectivity index (χ2n) is 7.29. The van der Waals surface area contributed by atoms with Crippen molar-refractivity contribution in [2.24, 2.45) is 5.92 Å². The van der Waals surface area contributed by atoms with Gasteiger partial charge in [0.2, 0.25) is 5.91 Å². The van der Waals surface area contributed by atoms with Crippen molar-refractivity contribution in [3.05, 3.63) is 54.1 Å². The summed E-state index contributed by atoms with van der Waals surface area (Å²) in [6, 6.07) is 10.6. The van der Waals surface area contributed by atoms with E-state index in [1.54, 1.807) is 0 Å².